The molecule has 36 heavy (non-hydrogen) atoms. The molecule has 5 N–H and O–H groups in total. The number of rotatable bonds is 7. The lowest BCUT2D eigenvalue weighted by Crippen LogP contribution is -2.57. The predicted octanol–water partition coefficient (Wildman–Crippen LogP) is 3.79. The highest BCUT2D eigenvalue weighted by Gasteiger charge is 2.47. The molecule has 1 unspecified atom stereocenters. The van der Waals surface area contributed by atoms with E-state index in [1.165, 1.54) is 6.07 Å². The molecule has 1 aliphatic heterocycles. The first kappa shape index (κ1) is 25.5. The van der Waals surface area contributed by atoms with E-state index in [1.807, 2.05) is 12.1 Å². The number of halogens is 1. The summed E-state index contributed by atoms with van der Waals surface area (Å²) in [6, 6.07) is 15.3. The number of carbonyl (C=O) groups excluding carboxylic acids is 2. The third-order valence-electron chi connectivity index (χ3n) is 6.38. The predicted molar refractivity (Wildman–Crippen MR) is 141 cm³/mol. The van der Waals surface area contributed by atoms with Crippen molar-refractivity contribution in [2.24, 2.45) is 11.7 Å². The van der Waals surface area contributed by atoms with Gasteiger partial charge >= 0.3 is 0 Å². The van der Waals surface area contributed by atoms with E-state index in [1.54, 1.807) is 56.3 Å². The Morgan fingerprint density at radius 1 is 1.08 bits per heavy atom. The SMILES string of the molecule is Cc1cc(S(=O)(=O)N2c3ccccc3NC(=O)[C@H]2C(CCc2ccc(N)cc2)C(N)=O)c(C)cc1Cl. The summed E-state index contributed by atoms with van der Waals surface area (Å²) in [4.78, 5) is 26.1. The van der Waals surface area contributed by atoms with Crippen molar-refractivity contribution < 1.29 is 18.0 Å². The van der Waals surface area contributed by atoms with E-state index in [2.05, 4.69) is 5.32 Å². The van der Waals surface area contributed by atoms with Crippen LogP contribution in [-0.4, -0.2) is 26.3 Å². The molecule has 2 atom stereocenters. The van der Waals surface area contributed by atoms with E-state index < -0.39 is 33.8 Å². The first-order valence-electron chi connectivity index (χ1n) is 11.4. The number of fused-ring (bicyclic) bond motifs is 1. The quantitative estimate of drug-likeness (QED) is 0.402. The third-order valence-corrected chi connectivity index (χ3v) is 8.73. The number of nitrogens with zero attached hydrogens (tertiary/aromatic N) is 1. The number of anilines is 3. The Labute approximate surface area is 215 Å². The number of nitrogen functional groups attached to an aromatic ring is 1. The van der Waals surface area contributed by atoms with Crippen LogP contribution in [0.15, 0.2) is 65.6 Å². The van der Waals surface area contributed by atoms with Crippen LogP contribution in [0.1, 0.15) is 23.1 Å². The Morgan fingerprint density at radius 3 is 2.42 bits per heavy atom. The fourth-order valence-electron chi connectivity index (χ4n) is 4.46. The van der Waals surface area contributed by atoms with Crippen LogP contribution in [-0.2, 0) is 26.0 Å². The number of sulfonamides is 1. The Bertz CT molecular complexity index is 1440. The number of para-hydroxylation sites is 2. The molecule has 0 aromatic heterocycles. The lowest BCUT2D eigenvalue weighted by molar-refractivity contribution is -0.127. The number of nitrogens with one attached hydrogen (secondary N) is 1. The first-order valence-corrected chi connectivity index (χ1v) is 13.2. The van der Waals surface area contributed by atoms with Crippen molar-refractivity contribution in [3.05, 3.63) is 82.4 Å². The minimum Gasteiger partial charge on any atom is -0.399 e. The van der Waals surface area contributed by atoms with Crippen LogP contribution in [0.2, 0.25) is 5.02 Å². The average Bonchev–Trinajstić information content (AvgIpc) is 2.82. The van der Waals surface area contributed by atoms with Crippen LogP contribution in [0, 0.1) is 19.8 Å². The summed E-state index contributed by atoms with van der Waals surface area (Å²) in [7, 11) is -4.31. The lowest BCUT2D eigenvalue weighted by atomic mass is 9.89. The summed E-state index contributed by atoms with van der Waals surface area (Å²) < 4.78 is 29.4. The fourth-order valence-corrected chi connectivity index (χ4v) is 6.64. The van der Waals surface area contributed by atoms with Crippen molar-refractivity contribution >= 4 is 50.5 Å². The molecule has 4 rings (SSSR count). The normalized spacial score (nSPS) is 16.2. The first-order chi connectivity index (χ1) is 17.0. The summed E-state index contributed by atoms with van der Waals surface area (Å²) in [6.45, 7) is 3.34. The molecule has 188 valence electrons. The van der Waals surface area contributed by atoms with Gasteiger partial charge in [0.25, 0.3) is 10.0 Å². The van der Waals surface area contributed by atoms with Gasteiger partial charge in [-0.1, -0.05) is 35.9 Å². The summed E-state index contributed by atoms with van der Waals surface area (Å²) in [5.41, 5.74) is 14.6. The Balaban J connectivity index is 1.83. The Kier molecular flexibility index (Phi) is 6.97. The van der Waals surface area contributed by atoms with Crippen LogP contribution in [0.3, 0.4) is 0 Å². The number of hydrogen-bond donors (Lipinski definition) is 3. The molecule has 0 radical (unpaired) electrons. The largest absolute Gasteiger partial charge is 0.399 e. The fraction of sp³-hybridized carbons (Fsp3) is 0.231. The van der Waals surface area contributed by atoms with Crippen LogP contribution in [0.5, 0.6) is 0 Å². The van der Waals surface area contributed by atoms with Gasteiger partial charge in [0.1, 0.15) is 6.04 Å². The maximum absolute atomic E-state index is 14.2. The van der Waals surface area contributed by atoms with Crippen molar-refractivity contribution in [2.45, 2.75) is 37.6 Å². The van der Waals surface area contributed by atoms with Crippen molar-refractivity contribution in [2.75, 3.05) is 15.4 Å². The molecule has 3 aromatic rings. The summed E-state index contributed by atoms with van der Waals surface area (Å²) in [5.74, 6) is -2.49. The smallest absolute Gasteiger partial charge is 0.265 e. The number of carbonyl (C=O) groups is 2. The molecule has 1 heterocycles. The number of aryl methyl sites for hydroxylation is 3. The van der Waals surface area contributed by atoms with Crippen molar-refractivity contribution in [1.82, 2.24) is 0 Å². The van der Waals surface area contributed by atoms with Gasteiger partial charge in [-0.3, -0.25) is 13.9 Å². The van der Waals surface area contributed by atoms with Gasteiger partial charge in [-0.05, 0) is 79.8 Å². The van der Waals surface area contributed by atoms with Crippen molar-refractivity contribution in [3.63, 3.8) is 0 Å². The van der Waals surface area contributed by atoms with Gasteiger partial charge in [0.15, 0.2) is 0 Å². The molecule has 0 saturated heterocycles. The summed E-state index contributed by atoms with van der Waals surface area (Å²) in [5, 5.41) is 3.18. The minimum absolute atomic E-state index is 0.000609. The molecule has 0 saturated carbocycles. The topological polar surface area (TPSA) is 136 Å². The van der Waals surface area contributed by atoms with Gasteiger partial charge in [-0.25, -0.2) is 8.42 Å². The minimum atomic E-state index is -4.31. The lowest BCUT2D eigenvalue weighted by Gasteiger charge is -2.40. The van der Waals surface area contributed by atoms with E-state index in [-0.39, 0.29) is 17.0 Å². The zero-order valence-corrected chi connectivity index (χ0v) is 21.4. The molecule has 8 nitrogen and oxygen atoms in total. The molecule has 0 aliphatic carbocycles. The van der Waals surface area contributed by atoms with Gasteiger partial charge in [0.2, 0.25) is 11.8 Å². The van der Waals surface area contributed by atoms with E-state index in [9.17, 15) is 18.0 Å². The van der Waals surface area contributed by atoms with Gasteiger partial charge < -0.3 is 16.8 Å². The van der Waals surface area contributed by atoms with E-state index in [0.717, 1.165) is 9.87 Å². The van der Waals surface area contributed by atoms with E-state index in [4.69, 9.17) is 23.1 Å². The highest BCUT2D eigenvalue weighted by atomic mass is 35.5. The van der Waals surface area contributed by atoms with Crippen molar-refractivity contribution in [3.8, 4) is 0 Å². The van der Waals surface area contributed by atoms with E-state index >= 15 is 0 Å². The Hall–Kier alpha value is -3.56. The molecule has 10 heteroatoms. The standard InChI is InChI=1S/C26H27ClN4O4S/c1-15-14-23(16(2)13-20(15)27)36(34,35)31-22-6-4-3-5-21(22)30-26(33)24(31)19(25(29)32)12-9-17-7-10-18(28)11-8-17/h3-8,10-11,13-14,19,24H,9,12,28H2,1-2H3,(H2,29,32)(H,30,33)/t19?,24-/m1/s1. The molecule has 0 bridgehead atoms. The highest BCUT2D eigenvalue weighted by Crippen LogP contribution is 2.40. The molecule has 2 amide bonds. The van der Waals surface area contributed by atoms with E-state index in [0.29, 0.717) is 33.9 Å². The van der Waals surface area contributed by atoms with Gasteiger partial charge in [0, 0.05) is 10.7 Å². The van der Waals surface area contributed by atoms with Crippen molar-refractivity contribution in [1.29, 1.82) is 0 Å². The van der Waals surface area contributed by atoms with Gasteiger partial charge in [-0.15, -0.1) is 0 Å². The molecule has 1 aliphatic rings. The second kappa shape index (κ2) is 9.83. The zero-order valence-electron chi connectivity index (χ0n) is 19.9. The average molecular weight is 527 g/mol. The summed E-state index contributed by atoms with van der Waals surface area (Å²) >= 11 is 6.21. The molecular weight excluding hydrogens is 500 g/mol. The van der Waals surface area contributed by atoms with Crippen LogP contribution < -0.4 is 21.1 Å². The van der Waals surface area contributed by atoms with Crippen LogP contribution in [0.25, 0.3) is 0 Å². The zero-order chi connectivity index (χ0) is 26.2. The van der Waals surface area contributed by atoms with Gasteiger partial charge in [0.05, 0.1) is 22.2 Å². The molecule has 0 fully saturated rings. The monoisotopic (exact) mass is 526 g/mol. The second-order valence-electron chi connectivity index (χ2n) is 8.91. The summed E-state index contributed by atoms with van der Waals surface area (Å²) in [6.07, 6.45) is 0.552. The number of amides is 2. The molecule has 0 spiro atoms. The molecular formula is C26H27ClN4O4S. The highest BCUT2D eigenvalue weighted by molar-refractivity contribution is 7.93. The third kappa shape index (κ3) is 4.76. The van der Waals surface area contributed by atoms with Crippen LogP contribution >= 0.6 is 11.6 Å². The number of nitrogens with two attached hydrogens (primary N) is 2. The molecule has 3 aromatic carbocycles. The Morgan fingerprint density at radius 2 is 1.75 bits per heavy atom. The maximum atomic E-state index is 14.2. The van der Waals surface area contributed by atoms with Crippen LogP contribution in [0.4, 0.5) is 17.1 Å². The maximum Gasteiger partial charge on any atom is 0.265 e. The second-order valence-corrected chi connectivity index (χ2v) is 11.1. The van der Waals surface area contributed by atoms with Gasteiger partial charge in [-0.2, -0.15) is 0 Å². The number of hydrogen-bond acceptors (Lipinski definition) is 5. The number of primary amides is 1. The number of benzene rings is 3.